The summed E-state index contributed by atoms with van der Waals surface area (Å²) in [7, 11) is 0. The summed E-state index contributed by atoms with van der Waals surface area (Å²) in [6.07, 6.45) is 0.677. The Labute approximate surface area is 239 Å². The van der Waals surface area contributed by atoms with E-state index in [1.165, 1.54) is 12.3 Å². The van der Waals surface area contributed by atoms with Crippen LogP contribution in [0.15, 0.2) is 70.2 Å². The molecule has 3 aromatic rings. The quantitative estimate of drug-likeness (QED) is 0.193. The third-order valence-corrected chi connectivity index (χ3v) is 6.36. The number of phenols is 1. The SMILES string of the molecule is CCOc1cc(/C=N\NC(=O)[C@@H](Cc2ccccc2)NC(=O)[C@H](C)Oc2ccc(Cl)cc2Cl)cc(Br)c1O. The van der Waals surface area contributed by atoms with E-state index in [4.69, 9.17) is 32.7 Å². The van der Waals surface area contributed by atoms with E-state index in [1.54, 1.807) is 38.1 Å². The number of halogens is 3. The van der Waals surface area contributed by atoms with Crippen molar-refractivity contribution in [3.8, 4) is 17.2 Å². The molecule has 3 aromatic carbocycles. The monoisotopic (exact) mass is 621 g/mol. The van der Waals surface area contributed by atoms with Gasteiger partial charge < -0.3 is 19.9 Å². The number of rotatable bonds is 11. The molecule has 0 unspecified atom stereocenters. The molecule has 0 bridgehead atoms. The minimum atomic E-state index is -0.949. The first-order valence-electron chi connectivity index (χ1n) is 11.6. The number of phenolic OH excluding ortho intramolecular Hbond substituents is 1. The second-order valence-corrected chi connectivity index (χ2v) is 9.80. The molecule has 38 heavy (non-hydrogen) atoms. The van der Waals surface area contributed by atoms with Gasteiger partial charge in [0, 0.05) is 11.4 Å². The highest BCUT2D eigenvalue weighted by Gasteiger charge is 2.25. The molecular formula is C27H26BrCl2N3O5. The highest BCUT2D eigenvalue weighted by Crippen LogP contribution is 2.35. The number of hydrazone groups is 1. The van der Waals surface area contributed by atoms with E-state index in [-0.39, 0.29) is 22.9 Å². The number of nitrogens with one attached hydrogen (secondary N) is 2. The number of ether oxygens (including phenoxy) is 2. The molecule has 3 rings (SSSR count). The molecule has 2 amide bonds. The number of hydrogen-bond donors (Lipinski definition) is 3. The van der Waals surface area contributed by atoms with Crippen LogP contribution >= 0.6 is 39.1 Å². The van der Waals surface area contributed by atoms with Crippen molar-refractivity contribution in [2.75, 3.05) is 6.61 Å². The van der Waals surface area contributed by atoms with Gasteiger partial charge in [0.2, 0.25) is 0 Å². The van der Waals surface area contributed by atoms with E-state index < -0.39 is 24.0 Å². The number of aromatic hydroxyl groups is 1. The van der Waals surface area contributed by atoms with Crippen LogP contribution in [0.3, 0.4) is 0 Å². The van der Waals surface area contributed by atoms with E-state index in [0.29, 0.717) is 27.4 Å². The summed E-state index contributed by atoms with van der Waals surface area (Å²) in [5.41, 5.74) is 3.88. The zero-order valence-corrected chi connectivity index (χ0v) is 23.7. The average Bonchev–Trinajstić information content (AvgIpc) is 2.88. The molecule has 8 nitrogen and oxygen atoms in total. The summed E-state index contributed by atoms with van der Waals surface area (Å²) in [5.74, 6) is -0.509. The van der Waals surface area contributed by atoms with Crippen molar-refractivity contribution < 1.29 is 24.2 Å². The van der Waals surface area contributed by atoms with E-state index >= 15 is 0 Å². The molecule has 0 aliphatic rings. The molecule has 0 heterocycles. The van der Waals surface area contributed by atoms with Gasteiger partial charge in [0.15, 0.2) is 17.6 Å². The lowest BCUT2D eigenvalue weighted by Gasteiger charge is -2.21. The van der Waals surface area contributed by atoms with E-state index in [0.717, 1.165) is 5.56 Å². The van der Waals surface area contributed by atoms with E-state index in [9.17, 15) is 14.7 Å². The van der Waals surface area contributed by atoms with Crippen molar-refractivity contribution in [3.63, 3.8) is 0 Å². The summed E-state index contributed by atoms with van der Waals surface area (Å²) >= 11 is 15.3. The standard InChI is InChI=1S/C27H26BrCl2N3O5/c1-3-37-24-13-18(11-20(28)25(24)34)15-31-33-27(36)22(12-17-7-5-4-6-8-17)32-26(35)16(2)38-23-10-9-19(29)14-21(23)30/h4-11,13-16,22,34H,3,12H2,1-2H3,(H,32,35)(H,33,36)/b31-15-/t16-,22+/m0/s1. The fourth-order valence-corrected chi connectivity index (χ4v) is 4.26. The van der Waals surface area contributed by atoms with Crippen LogP contribution in [-0.4, -0.2) is 41.9 Å². The van der Waals surface area contributed by atoms with Gasteiger partial charge in [-0.25, -0.2) is 5.43 Å². The normalized spacial score (nSPS) is 12.6. The number of hydrogen-bond acceptors (Lipinski definition) is 6. The summed E-state index contributed by atoms with van der Waals surface area (Å²) in [6, 6.07) is 16.2. The number of carbonyl (C=O) groups excluding carboxylic acids is 2. The molecule has 0 aromatic heterocycles. The summed E-state index contributed by atoms with van der Waals surface area (Å²) in [4.78, 5) is 26.0. The fourth-order valence-electron chi connectivity index (χ4n) is 3.35. The molecule has 11 heteroatoms. The van der Waals surface area contributed by atoms with Crippen molar-refractivity contribution in [2.45, 2.75) is 32.4 Å². The zero-order chi connectivity index (χ0) is 27.7. The first-order valence-corrected chi connectivity index (χ1v) is 13.2. The third kappa shape index (κ3) is 8.37. The second-order valence-electron chi connectivity index (χ2n) is 8.10. The van der Waals surface area contributed by atoms with Crippen molar-refractivity contribution >= 4 is 57.2 Å². The highest BCUT2D eigenvalue weighted by molar-refractivity contribution is 9.10. The Kier molecular flexibility index (Phi) is 10.8. The van der Waals surface area contributed by atoms with Crippen LogP contribution in [0.5, 0.6) is 17.2 Å². The minimum absolute atomic E-state index is 0.0325. The minimum Gasteiger partial charge on any atom is -0.503 e. The zero-order valence-electron chi connectivity index (χ0n) is 20.6. The van der Waals surface area contributed by atoms with Gasteiger partial charge >= 0.3 is 0 Å². The molecule has 0 aliphatic carbocycles. The molecule has 0 fully saturated rings. The van der Waals surface area contributed by atoms with Gasteiger partial charge in [-0.1, -0.05) is 53.5 Å². The van der Waals surface area contributed by atoms with Gasteiger partial charge in [-0.05, 0) is 71.2 Å². The Morgan fingerprint density at radius 2 is 1.82 bits per heavy atom. The molecule has 2 atom stereocenters. The van der Waals surface area contributed by atoms with Crippen LogP contribution in [0.4, 0.5) is 0 Å². The lowest BCUT2D eigenvalue weighted by atomic mass is 10.1. The molecular weight excluding hydrogens is 597 g/mol. The Hall–Kier alpha value is -3.27. The van der Waals surface area contributed by atoms with Crippen LogP contribution in [0.2, 0.25) is 10.0 Å². The average molecular weight is 623 g/mol. The van der Waals surface area contributed by atoms with E-state index in [2.05, 4.69) is 31.8 Å². The fraction of sp³-hybridized carbons (Fsp3) is 0.222. The highest BCUT2D eigenvalue weighted by atomic mass is 79.9. The predicted molar refractivity (Wildman–Crippen MR) is 151 cm³/mol. The maximum atomic E-state index is 13.0. The van der Waals surface area contributed by atoms with Crippen molar-refractivity contribution in [1.82, 2.24) is 10.7 Å². The number of benzene rings is 3. The van der Waals surface area contributed by atoms with Gasteiger partial charge in [0.1, 0.15) is 11.8 Å². The Bertz CT molecular complexity index is 1310. The molecule has 0 radical (unpaired) electrons. The molecule has 0 spiro atoms. The van der Waals surface area contributed by atoms with Gasteiger partial charge in [0.05, 0.1) is 22.3 Å². The third-order valence-electron chi connectivity index (χ3n) is 5.22. The van der Waals surface area contributed by atoms with Crippen LogP contribution in [0.25, 0.3) is 0 Å². The summed E-state index contributed by atoms with van der Waals surface area (Å²) in [5, 5.41) is 17.5. The molecule has 3 N–H and O–H groups in total. The maximum absolute atomic E-state index is 13.0. The maximum Gasteiger partial charge on any atom is 0.262 e. The Morgan fingerprint density at radius 1 is 1.08 bits per heavy atom. The molecule has 200 valence electrons. The van der Waals surface area contributed by atoms with Crippen LogP contribution in [0, 0.1) is 0 Å². The Morgan fingerprint density at radius 3 is 2.50 bits per heavy atom. The molecule has 0 aliphatic heterocycles. The van der Waals surface area contributed by atoms with E-state index in [1.807, 2.05) is 30.3 Å². The van der Waals surface area contributed by atoms with Gasteiger partial charge in [-0.15, -0.1) is 0 Å². The van der Waals surface area contributed by atoms with Crippen LogP contribution in [-0.2, 0) is 16.0 Å². The first kappa shape index (κ1) is 29.3. The topological polar surface area (TPSA) is 109 Å². The summed E-state index contributed by atoms with van der Waals surface area (Å²) < 4.78 is 11.5. The predicted octanol–water partition coefficient (Wildman–Crippen LogP) is 5.51. The van der Waals surface area contributed by atoms with Crippen molar-refractivity contribution in [2.24, 2.45) is 5.10 Å². The first-order chi connectivity index (χ1) is 18.2. The van der Waals surface area contributed by atoms with Crippen molar-refractivity contribution in [1.29, 1.82) is 0 Å². The number of carbonyl (C=O) groups is 2. The number of amides is 2. The smallest absolute Gasteiger partial charge is 0.262 e. The van der Waals surface area contributed by atoms with Gasteiger partial charge in [0.25, 0.3) is 11.8 Å². The van der Waals surface area contributed by atoms with Gasteiger partial charge in [-0.3, -0.25) is 9.59 Å². The molecule has 0 saturated heterocycles. The van der Waals surface area contributed by atoms with Gasteiger partial charge in [-0.2, -0.15) is 5.10 Å². The van der Waals surface area contributed by atoms with Crippen molar-refractivity contribution in [3.05, 3.63) is 86.3 Å². The summed E-state index contributed by atoms with van der Waals surface area (Å²) in [6.45, 7) is 3.71. The molecule has 0 saturated carbocycles. The van der Waals surface area contributed by atoms with Crippen LogP contribution in [0.1, 0.15) is 25.0 Å². The van der Waals surface area contributed by atoms with Crippen LogP contribution < -0.4 is 20.2 Å². The second kappa shape index (κ2) is 14.0. The largest absolute Gasteiger partial charge is 0.503 e. The lowest BCUT2D eigenvalue weighted by Crippen LogP contribution is -2.50. The lowest BCUT2D eigenvalue weighted by molar-refractivity contribution is -0.132. The Balaban J connectivity index is 1.72. The number of nitrogens with zero attached hydrogens (tertiary/aromatic N) is 1.